The van der Waals surface area contributed by atoms with Crippen molar-refractivity contribution in [1.82, 2.24) is 0 Å². The van der Waals surface area contributed by atoms with Crippen molar-refractivity contribution in [2.24, 2.45) is 0 Å². The van der Waals surface area contributed by atoms with Crippen LogP contribution in [-0.2, 0) is 133 Å². The molecule has 15 aliphatic rings. The third-order valence-corrected chi connectivity index (χ3v) is 24.0. The van der Waals surface area contributed by atoms with Crippen LogP contribution in [0.1, 0.15) is 161 Å². The first kappa shape index (κ1) is 78.7. The van der Waals surface area contributed by atoms with Crippen LogP contribution in [0.2, 0.25) is 0 Å². The summed E-state index contributed by atoms with van der Waals surface area (Å²) in [6.07, 6.45) is -0.488. The number of hydrogen-bond acceptors (Lipinski definition) is 25. The Hall–Kier alpha value is -5.19. The summed E-state index contributed by atoms with van der Waals surface area (Å²) >= 11 is 0. The lowest BCUT2D eigenvalue weighted by molar-refractivity contribution is -0.288. The van der Waals surface area contributed by atoms with Crippen molar-refractivity contribution in [2.75, 3.05) is 0 Å². The second-order valence-corrected chi connectivity index (χ2v) is 33.9. The maximum Gasteiger partial charge on any atom is 0.191 e. The van der Waals surface area contributed by atoms with E-state index < -0.39 is 119 Å². The van der Waals surface area contributed by atoms with Gasteiger partial charge in [0.25, 0.3) is 0 Å². The minimum absolute atomic E-state index is 0.0879. The topological polar surface area (TPSA) is 283 Å². The van der Waals surface area contributed by atoms with E-state index in [9.17, 15) is 25.2 Å². The van der Waals surface area contributed by atoms with Gasteiger partial charge in [0.15, 0.2) is 71.8 Å². The Morgan fingerprint density at radius 1 is 0.282 bits per heavy atom. The highest BCUT2D eigenvalue weighted by molar-refractivity contribution is 5.94. The molecule has 25 nitrogen and oxygen atoms in total. The van der Waals surface area contributed by atoms with E-state index in [2.05, 4.69) is 0 Å². The number of aliphatic hydroxyl groups is 4. The van der Waals surface area contributed by atoms with E-state index in [1.54, 1.807) is 0 Å². The smallest absolute Gasteiger partial charge is 0.191 e. The Labute approximate surface area is 642 Å². The van der Waals surface area contributed by atoms with Gasteiger partial charge in [-0.3, -0.25) is 4.79 Å². The highest BCUT2D eigenvalue weighted by Crippen LogP contribution is 2.58. The minimum Gasteiger partial charge on any atom is -0.390 e. The molecule has 0 aromatic heterocycles. The first-order valence-corrected chi connectivity index (χ1v) is 39.2. The number of fused-ring (bicyclic) bond motifs is 5. The van der Waals surface area contributed by atoms with Crippen molar-refractivity contribution in [2.45, 2.75) is 340 Å². The third kappa shape index (κ3) is 15.2. The Balaban J connectivity index is 0.000000104. The number of Topliss-reactive ketones (excluding diaryl/α,β-unsaturated/α-hetero) is 1. The summed E-state index contributed by atoms with van der Waals surface area (Å²) in [5, 5.41) is 40.9. The van der Waals surface area contributed by atoms with E-state index in [0.29, 0.717) is 45.9 Å². The van der Waals surface area contributed by atoms with Gasteiger partial charge in [-0.2, -0.15) is 0 Å². The van der Waals surface area contributed by atoms with Crippen LogP contribution < -0.4 is 0 Å². The summed E-state index contributed by atoms with van der Waals surface area (Å²) in [4.78, 5) is 12.2. The highest BCUT2D eigenvalue weighted by atomic mass is 16.9. The molecule has 10 saturated heterocycles. The van der Waals surface area contributed by atoms with Gasteiger partial charge < -0.3 is 115 Å². The highest BCUT2D eigenvalue weighted by Gasteiger charge is 2.73. The predicted molar refractivity (Wildman–Crippen MR) is 389 cm³/mol. The van der Waals surface area contributed by atoms with E-state index in [0.717, 1.165) is 79.2 Å². The summed E-state index contributed by atoms with van der Waals surface area (Å²) in [6, 6.07) is 49.9. The maximum absolute atomic E-state index is 12.2. The predicted octanol–water partition coefficient (Wildman–Crippen LogP) is 10.1. The fourth-order valence-electron chi connectivity index (χ4n) is 18.0. The van der Waals surface area contributed by atoms with Gasteiger partial charge in [0, 0.05) is 6.42 Å². The first-order chi connectivity index (χ1) is 52.5. The average molecular weight is 1530 g/mol. The van der Waals surface area contributed by atoms with Crippen molar-refractivity contribution >= 4 is 5.78 Å². The van der Waals surface area contributed by atoms with E-state index >= 15 is 0 Å². The van der Waals surface area contributed by atoms with Crippen LogP contribution in [0.4, 0.5) is 0 Å². The van der Waals surface area contributed by atoms with Crippen LogP contribution in [0.5, 0.6) is 0 Å². The molecule has 5 spiro atoms. The number of rotatable bonds is 15. The van der Waals surface area contributed by atoms with Crippen molar-refractivity contribution < 1.29 is 120 Å². The summed E-state index contributed by atoms with van der Waals surface area (Å²) in [5.41, 5.74) is 1.83. The van der Waals surface area contributed by atoms with E-state index in [4.69, 9.17) is 94.7 Å². The Bertz CT molecular complexity index is 3540. The molecule has 5 saturated carbocycles. The fourth-order valence-corrected chi connectivity index (χ4v) is 18.0. The molecule has 4 N–H and O–H groups in total. The molecule has 5 aliphatic carbocycles. The molecule has 598 valence electrons. The van der Waals surface area contributed by atoms with Crippen LogP contribution >= 0.6 is 0 Å². The Kier molecular flexibility index (Phi) is 21.8. The summed E-state index contributed by atoms with van der Waals surface area (Å²) in [5.74, 6) is -3.34. The monoisotopic (exact) mass is 1530 g/mol. The van der Waals surface area contributed by atoms with E-state index in [-0.39, 0.29) is 60.7 Å². The summed E-state index contributed by atoms with van der Waals surface area (Å²) in [7, 11) is 0. The second kappa shape index (κ2) is 30.5. The molecular weight excluding hydrogens is 1420 g/mol. The van der Waals surface area contributed by atoms with Crippen LogP contribution in [0.3, 0.4) is 0 Å². The van der Waals surface area contributed by atoms with E-state index in [1.165, 1.54) is 0 Å². The van der Waals surface area contributed by atoms with Gasteiger partial charge in [0.2, 0.25) is 0 Å². The zero-order valence-corrected chi connectivity index (χ0v) is 64.4. The van der Waals surface area contributed by atoms with Crippen LogP contribution in [0, 0.1) is 0 Å². The molecule has 110 heavy (non-hydrogen) atoms. The van der Waals surface area contributed by atoms with Gasteiger partial charge in [-0.1, -0.05) is 152 Å². The van der Waals surface area contributed by atoms with Crippen molar-refractivity contribution in [3.63, 3.8) is 0 Å². The van der Waals surface area contributed by atoms with Gasteiger partial charge in [-0.15, -0.1) is 0 Å². The first-order valence-electron chi connectivity index (χ1n) is 39.2. The molecule has 15 fully saturated rings. The lowest BCUT2D eigenvalue weighted by Crippen LogP contribution is -2.61. The molecule has 0 amide bonds. The zero-order valence-electron chi connectivity index (χ0n) is 64.4. The van der Waals surface area contributed by atoms with Crippen molar-refractivity contribution in [3.05, 3.63) is 179 Å². The Morgan fingerprint density at radius 3 is 0.673 bits per heavy atom. The normalized spacial score (nSPS) is 41.7. The zero-order chi connectivity index (χ0) is 76.9. The standard InChI is InChI=1S/4C17H22O5.C17H20O5/c5*1-16(2)20-13-14(19-10-11-6-4-3-5-7-11)17(9-8-12(17)18)22-15(13)21-16/h4*3-7,12-15,18H,8-10H2,1-2H3;3-7,13-15H,8-10H2,1-2H3/t12?,13-,14?,15-,17?;12?,13-,14?,15-,17-;12-,13+,14?,15+,17+;12-,13-,14?,15-,17+;13-,14?,15-,17?/m00100/s1. The number of benzene rings is 5. The van der Waals surface area contributed by atoms with Crippen molar-refractivity contribution in [3.8, 4) is 0 Å². The van der Waals surface area contributed by atoms with Gasteiger partial charge in [0.1, 0.15) is 83.4 Å². The molecule has 25 heteroatoms. The van der Waals surface area contributed by atoms with Crippen molar-refractivity contribution in [1.29, 1.82) is 0 Å². The molecular formula is C85H108O25. The van der Waals surface area contributed by atoms with Gasteiger partial charge in [-0.05, 0) is 155 Å². The molecule has 0 radical (unpaired) electrons. The number of aliphatic hydroxyl groups excluding tert-OH is 4. The molecule has 20 rings (SSSR count). The Morgan fingerprint density at radius 2 is 0.491 bits per heavy atom. The minimum atomic E-state index is -0.874. The van der Waals surface area contributed by atoms with Crippen LogP contribution in [0.25, 0.3) is 0 Å². The SMILES string of the molecule is CC1(C)O[C@H]2OC3(CCC3=O)C(OCc3ccccc3)[C@@H]2O1.CC1(C)O[C@H]2OC3(CCC3O)C(OCc3ccccc3)[C@@H]2O1.CC1(C)O[C@H]2O[C@@]3(CC[C@@H]3O)C(OCc3ccccc3)[C@@H]2O1.CC1(C)O[C@H]2O[C@]3(CCC3O)C(OCc3ccccc3)[C@@H]2O1.CC1(C)O[C@H]2O[C@]3(CC[C@H]3O)C(OCc3ccccc3)[C@@H]2O1. The van der Waals surface area contributed by atoms with Gasteiger partial charge in [-0.25, -0.2) is 0 Å². The van der Waals surface area contributed by atoms with E-state index in [1.807, 2.05) is 221 Å². The molecule has 0 bridgehead atoms. The molecule has 5 aromatic carbocycles. The lowest BCUT2D eigenvalue weighted by Gasteiger charge is -2.47. The fraction of sp³-hybridized carbons (Fsp3) is 0.635. The largest absolute Gasteiger partial charge is 0.390 e. The van der Waals surface area contributed by atoms with Gasteiger partial charge in [0.05, 0.1) is 57.5 Å². The summed E-state index contributed by atoms with van der Waals surface area (Å²) in [6.45, 7) is 20.9. The summed E-state index contributed by atoms with van der Waals surface area (Å²) < 4.78 is 119. The number of ether oxygens (including phenoxy) is 20. The number of hydrogen-bond donors (Lipinski definition) is 4. The third-order valence-electron chi connectivity index (χ3n) is 24.0. The average Bonchev–Trinajstić information content (AvgIpc) is 1.59. The molecule has 24 atom stereocenters. The number of ketones is 1. The lowest BCUT2D eigenvalue weighted by atomic mass is 9.73. The maximum atomic E-state index is 12.2. The number of carbonyl (C=O) groups is 1. The van der Waals surface area contributed by atoms with Gasteiger partial charge >= 0.3 is 0 Å². The molecule has 5 aromatic rings. The quantitative estimate of drug-likeness (QED) is 0.0758. The molecule has 10 heterocycles. The number of carbonyl (C=O) groups excluding carboxylic acids is 1. The second-order valence-electron chi connectivity index (χ2n) is 33.9. The van der Waals surface area contributed by atoms with Crippen LogP contribution in [-0.4, -0.2) is 200 Å². The molecule has 9 unspecified atom stereocenters. The van der Waals surface area contributed by atoms with Crippen LogP contribution in [0.15, 0.2) is 152 Å². The molecule has 10 aliphatic heterocycles.